The zero-order valence-corrected chi connectivity index (χ0v) is 16.2. The highest BCUT2D eigenvalue weighted by atomic mass is 35.5. The zero-order valence-electron chi connectivity index (χ0n) is 15.4. The van der Waals surface area contributed by atoms with Crippen molar-refractivity contribution in [3.63, 3.8) is 0 Å². The van der Waals surface area contributed by atoms with E-state index in [0.29, 0.717) is 23.2 Å². The number of hydrogen-bond acceptors (Lipinski definition) is 5. The van der Waals surface area contributed by atoms with Gasteiger partial charge in [0.1, 0.15) is 11.0 Å². The predicted molar refractivity (Wildman–Crippen MR) is 117 cm³/mol. The first-order valence-electron chi connectivity index (χ1n) is 8.72. The number of aromatic nitrogens is 1. The van der Waals surface area contributed by atoms with Gasteiger partial charge < -0.3 is 5.32 Å². The van der Waals surface area contributed by atoms with E-state index >= 15 is 0 Å². The second kappa shape index (κ2) is 9.05. The molecule has 28 heavy (non-hydrogen) atoms. The predicted octanol–water partition coefficient (Wildman–Crippen LogP) is 4.39. The van der Waals surface area contributed by atoms with Gasteiger partial charge in [0.25, 0.3) is 0 Å². The van der Waals surface area contributed by atoms with Crippen molar-refractivity contribution in [2.75, 3.05) is 5.01 Å². The minimum absolute atomic E-state index is 0.396. The Labute approximate surface area is 169 Å². The van der Waals surface area contributed by atoms with E-state index in [4.69, 9.17) is 23.9 Å². The molecule has 0 radical (unpaired) electrons. The van der Waals surface area contributed by atoms with Crippen molar-refractivity contribution in [3.05, 3.63) is 82.9 Å². The van der Waals surface area contributed by atoms with E-state index in [1.54, 1.807) is 12.4 Å². The van der Waals surface area contributed by atoms with Crippen molar-refractivity contribution in [2.24, 2.45) is 10.8 Å². The van der Waals surface area contributed by atoms with Crippen molar-refractivity contribution >= 4 is 23.6 Å². The Morgan fingerprint density at radius 1 is 1.36 bits per heavy atom. The highest BCUT2D eigenvalue weighted by Gasteiger charge is 2.20. The summed E-state index contributed by atoms with van der Waals surface area (Å²) in [5.41, 5.74) is 3.71. The molecule has 0 spiro atoms. The fourth-order valence-electron chi connectivity index (χ4n) is 2.75. The van der Waals surface area contributed by atoms with Crippen LogP contribution in [-0.2, 0) is 0 Å². The summed E-state index contributed by atoms with van der Waals surface area (Å²) in [6.07, 6.45) is 15.1. The molecule has 2 heterocycles. The van der Waals surface area contributed by atoms with Crippen LogP contribution in [0.1, 0.15) is 18.9 Å². The van der Waals surface area contributed by atoms with Gasteiger partial charge in [-0.05, 0) is 42.7 Å². The Morgan fingerprint density at radius 3 is 2.86 bits per heavy atom. The van der Waals surface area contributed by atoms with E-state index < -0.39 is 0 Å². The molecule has 1 aliphatic heterocycles. The number of fused-ring (bicyclic) bond motifs is 1. The summed E-state index contributed by atoms with van der Waals surface area (Å²) in [6, 6.07) is 14.1. The molecule has 0 atom stereocenters. The van der Waals surface area contributed by atoms with Crippen LogP contribution in [0.4, 0.5) is 5.82 Å². The average Bonchev–Trinajstić information content (AvgIpc) is 2.72. The normalized spacial score (nSPS) is 15.0. The number of nitrogens with zero attached hydrogens (tertiary/aromatic N) is 3. The Kier molecular flexibility index (Phi) is 6.28. The Morgan fingerprint density at radius 2 is 2.14 bits per heavy atom. The molecule has 1 aliphatic rings. The van der Waals surface area contributed by atoms with E-state index in [1.807, 2.05) is 61.5 Å². The average molecular weight is 390 g/mol. The van der Waals surface area contributed by atoms with Crippen molar-refractivity contribution in [1.29, 1.82) is 0 Å². The highest BCUT2D eigenvalue weighted by molar-refractivity contribution is 6.32. The van der Waals surface area contributed by atoms with Gasteiger partial charge >= 0.3 is 0 Å². The maximum atomic E-state index is 6.43. The molecule has 0 fully saturated rings. The molecular formula is C22H20ClN5. The van der Waals surface area contributed by atoms with Gasteiger partial charge in [-0.3, -0.25) is 0 Å². The molecule has 1 aromatic carbocycles. The molecule has 3 rings (SSSR count). The largest absolute Gasteiger partial charge is 0.322 e. The SMILES string of the molecule is C#CN/C=C\C(=C/C)C/C=C1/N=Cc2cc(-c3ccccc3)c(Cl)nc2N1N. The molecule has 0 saturated heterocycles. The number of halogens is 1. The Hall–Kier alpha value is -3.33. The number of nitrogens with one attached hydrogen (secondary N) is 1. The number of hydrogen-bond donors (Lipinski definition) is 2. The van der Waals surface area contributed by atoms with E-state index in [9.17, 15) is 0 Å². The van der Waals surface area contributed by atoms with Gasteiger partial charge in [-0.1, -0.05) is 54.4 Å². The topological polar surface area (TPSA) is 66.5 Å². The molecule has 0 bridgehead atoms. The third-order valence-electron chi connectivity index (χ3n) is 4.24. The van der Waals surface area contributed by atoms with E-state index in [2.05, 4.69) is 21.3 Å². The maximum absolute atomic E-state index is 6.43. The van der Waals surface area contributed by atoms with Gasteiger partial charge in [-0.2, -0.15) is 0 Å². The summed E-state index contributed by atoms with van der Waals surface area (Å²) in [5.74, 6) is 7.42. The number of anilines is 1. The number of rotatable bonds is 5. The third-order valence-corrected chi connectivity index (χ3v) is 4.52. The van der Waals surface area contributed by atoms with E-state index in [-0.39, 0.29) is 0 Å². The number of allylic oxidation sites excluding steroid dienone is 4. The maximum Gasteiger partial charge on any atom is 0.159 e. The molecule has 6 heteroatoms. The van der Waals surface area contributed by atoms with Gasteiger partial charge in [-0.15, -0.1) is 0 Å². The minimum Gasteiger partial charge on any atom is -0.322 e. The van der Waals surface area contributed by atoms with Crippen molar-refractivity contribution in [1.82, 2.24) is 10.3 Å². The van der Waals surface area contributed by atoms with E-state index in [0.717, 1.165) is 22.3 Å². The van der Waals surface area contributed by atoms with Crippen LogP contribution in [0, 0.1) is 12.5 Å². The van der Waals surface area contributed by atoms with Gasteiger partial charge in [0.15, 0.2) is 5.82 Å². The molecule has 0 amide bonds. The molecule has 0 unspecified atom stereocenters. The fraction of sp³-hybridized carbons (Fsp3) is 0.0909. The summed E-state index contributed by atoms with van der Waals surface area (Å²) in [7, 11) is 0. The second-order valence-corrected chi connectivity index (χ2v) is 6.34. The van der Waals surface area contributed by atoms with Crippen molar-refractivity contribution in [2.45, 2.75) is 13.3 Å². The van der Waals surface area contributed by atoms with Crippen molar-refractivity contribution < 1.29 is 0 Å². The second-order valence-electron chi connectivity index (χ2n) is 5.99. The lowest BCUT2D eigenvalue weighted by atomic mass is 10.1. The van der Waals surface area contributed by atoms with Gasteiger partial charge in [0, 0.05) is 29.6 Å². The van der Waals surface area contributed by atoms with Gasteiger partial charge in [0.05, 0.1) is 0 Å². The molecule has 1 aromatic heterocycles. The first-order valence-corrected chi connectivity index (χ1v) is 9.09. The zero-order chi connectivity index (χ0) is 19.9. The molecule has 0 aliphatic carbocycles. The highest BCUT2D eigenvalue weighted by Crippen LogP contribution is 2.33. The first-order chi connectivity index (χ1) is 13.6. The van der Waals surface area contributed by atoms with Crippen LogP contribution in [0.2, 0.25) is 5.15 Å². The number of aliphatic imine (C=N–C) groups is 1. The molecule has 3 N–H and O–H groups in total. The van der Waals surface area contributed by atoms with Crippen LogP contribution in [-0.4, -0.2) is 11.2 Å². The van der Waals surface area contributed by atoms with E-state index in [1.165, 1.54) is 5.01 Å². The summed E-state index contributed by atoms with van der Waals surface area (Å²) in [5, 5.41) is 4.54. The minimum atomic E-state index is 0.396. The molecule has 140 valence electrons. The van der Waals surface area contributed by atoms with Crippen LogP contribution >= 0.6 is 11.6 Å². The number of hydrazine groups is 1. The summed E-state index contributed by atoms with van der Waals surface area (Å²) < 4.78 is 0. The fourth-order valence-corrected chi connectivity index (χ4v) is 2.99. The van der Waals surface area contributed by atoms with Gasteiger partial charge in [-0.25, -0.2) is 20.8 Å². The molecule has 5 nitrogen and oxygen atoms in total. The lowest BCUT2D eigenvalue weighted by Crippen LogP contribution is -2.33. The molecule has 2 aromatic rings. The Bertz CT molecular complexity index is 1010. The van der Waals surface area contributed by atoms with Crippen LogP contribution in [0.5, 0.6) is 0 Å². The molecule has 0 saturated carbocycles. The van der Waals surface area contributed by atoms with Crippen LogP contribution in [0.15, 0.2) is 77.2 Å². The smallest absolute Gasteiger partial charge is 0.159 e. The lowest BCUT2D eigenvalue weighted by molar-refractivity contribution is 0.922. The third kappa shape index (κ3) is 4.32. The standard InChI is InChI=1S/C22H20ClN5/c1-3-16(12-13-25-4-2)10-11-20-26-15-18-14-19(17-8-6-5-7-9-17)21(23)27-22(18)28(20)24/h2-3,5-9,11-15,25H,10,24H2,1H3/b13-12-,16-3-,20-11-. The van der Waals surface area contributed by atoms with Crippen LogP contribution < -0.4 is 16.2 Å². The first kappa shape index (κ1) is 19.4. The number of benzene rings is 1. The summed E-state index contributed by atoms with van der Waals surface area (Å²) in [4.78, 5) is 8.98. The summed E-state index contributed by atoms with van der Waals surface area (Å²) >= 11 is 6.43. The number of pyridine rings is 1. The number of terminal acetylenes is 1. The van der Waals surface area contributed by atoms with Gasteiger partial charge in [0.2, 0.25) is 0 Å². The number of nitrogens with two attached hydrogens (primary N) is 1. The molecular weight excluding hydrogens is 370 g/mol. The lowest BCUT2D eigenvalue weighted by Gasteiger charge is -2.24. The monoisotopic (exact) mass is 389 g/mol. The summed E-state index contributed by atoms with van der Waals surface area (Å²) in [6.45, 7) is 1.96. The van der Waals surface area contributed by atoms with Crippen molar-refractivity contribution in [3.8, 4) is 23.6 Å². The quantitative estimate of drug-likeness (QED) is 0.262. The van der Waals surface area contributed by atoms with Crippen LogP contribution in [0.25, 0.3) is 11.1 Å². The Balaban J connectivity index is 1.86. The van der Waals surface area contributed by atoms with Crippen LogP contribution in [0.3, 0.4) is 0 Å².